The molecule has 0 aromatic heterocycles. The highest BCUT2D eigenvalue weighted by Crippen LogP contribution is 2.35. The van der Waals surface area contributed by atoms with Gasteiger partial charge in [0.15, 0.2) is 0 Å². The van der Waals surface area contributed by atoms with Gasteiger partial charge >= 0.3 is 5.51 Å². The molecule has 0 radical (unpaired) electrons. The zero-order chi connectivity index (χ0) is 25.2. The second-order valence-corrected chi connectivity index (χ2v) is 14.5. The summed E-state index contributed by atoms with van der Waals surface area (Å²) in [4.78, 5) is 0. The van der Waals surface area contributed by atoms with E-state index in [0.29, 0.717) is 34.3 Å². The Kier molecular flexibility index (Phi) is 13.3. The summed E-state index contributed by atoms with van der Waals surface area (Å²) in [6.45, 7) is 5.85. The van der Waals surface area contributed by atoms with Crippen molar-refractivity contribution in [1.82, 2.24) is 8.61 Å². The molecule has 0 atom stereocenters. The smallest absolute Gasteiger partial charge is 0.217 e. The molecule has 0 unspecified atom stereocenters. The van der Waals surface area contributed by atoms with E-state index in [9.17, 15) is 38.4 Å². The van der Waals surface area contributed by atoms with Gasteiger partial charge in [0, 0.05) is 26.2 Å². The van der Waals surface area contributed by atoms with Crippen LogP contribution in [-0.2, 0) is 29.9 Å². The van der Waals surface area contributed by atoms with Gasteiger partial charge in [0.05, 0.1) is 0 Å². The summed E-state index contributed by atoms with van der Waals surface area (Å²) in [5.41, 5.74) is -6.06. The van der Waals surface area contributed by atoms with E-state index in [1.165, 1.54) is 0 Å². The van der Waals surface area contributed by atoms with Crippen molar-refractivity contribution in [1.29, 1.82) is 0 Å². The first-order valence-electron chi connectivity index (χ1n) is 10.9. The molecule has 32 heavy (non-hydrogen) atoms. The Morgan fingerprint density at radius 2 is 0.844 bits per heavy atom. The lowest BCUT2D eigenvalue weighted by molar-refractivity contribution is -0.0435. The van der Waals surface area contributed by atoms with Crippen LogP contribution in [-0.4, -0.2) is 69.5 Å². The largest absolute Gasteiger partial charge is 0.499 e. The molecule has 0 spiro atoms. The van der Waals surface area contributed by atoms with Gasteiger partial charge in [-0.3, -0.25) is 0 Å². The van der Waals surface area contributed by atoms with Gasteiger partial charge in [-0.1, -0.05) is 53.4 Å². The summed E-state index contributed by atoms with van der Waals surface area (Å²) in [5.74, 6) is 0. The second kappa shape index (κ2) is 13.4. The van der Waals surface area contributed by atoms with Crippen molar-refractivity contribution < 1.29 is 38.4 Å². The molecule has 0 aliphatic heterocycles. The first-order chi connectivity index (χ1) is 14.7. The molecule has 0 aromatic carbocycles. The molecule has 0 fully saturated rings. The van der Waals surface area contributed by atoms with E-state index in [2.05, 4.69) is 0 Å². The summed E-state index contributed by atoms with van der Waals surface area (Å²) in [5, 5.41) is 0. The minimum absolute atomic E-state index is 0.247. The van der Waals surface area contributed by atoms with Crippen molar-refractivity contribution in [3.05, 3.63) is 0 Å². The van der Waals surface area contributed by atoms with Crippen LogP contribution >= 0.6 is 0 Å². The Hall–Kier alpha value is -0.440. The number of alkyl halides is 3. The minimum atomic E-state index is -6.60. The van der Waals surface area contributed by atoms with E-state index in [1.54, 1.807) is 27.7 Å². The van der Waals surface area contributed by atoms with E-state index >= 15 is 0 Å². The molecule has 0 aliphatic rings. The van der Waals surface area contributed by atoms with Crippen LogP contribution in [0, 0.1) is 0 Å². The molecule has 0 amide bonds. The zero-order valence-corrected chi connectivity index (χ0v) is 21.7. The Morgan fingerprint density at radius 1 is 0.594 bits per heavy atom. The predicted molar refractivity (Wildman–Crippen MR) is 119 cm³/mol. The molecule has 0 rings (SSSR count). The highest BCUT2D eigenvalue weighted by molar-refractivity contribution is 8.23. The van der Waals surface area contributed by atoms with E-state index < -0.39 is 39.3 Å². The van der Waals surface area contributed by atoms with Gasteiger partial charge in [0.25, 0.3) is 13.8 Å². The second-order valence-electron chi connectivity index (χ2n) is 7.58. The lowest BCUT2D eigenvalue weighted by Crippen LogP contribution is -2.55. The number of hydrogen-bond donors (Lipinski definition) is 0. The van der Waals surface area contributed by atoms with E-state index in [1.807, 2.05) is 0 Å². The van der Waals surface area contributed by atoms with Crippen molar-refractivity contribution in [2.24, 2.45) is 0 Å². The summed E-state index contributed by atoms with van der Waals surface area (Å²) in [6.07, 6.45) is 2.94. The maximum Gasteiger partial charge on any atom is 0.499 e. The van der Waals surface area contributed by atoms with Crippen molar-refractivity contribution in [3.8, 4) is 0 Å². The average molecular weight is 531 g/mol. The molecule has 8 nitrogen and oxygen atoms in total. The molecule has 194 valence electrons. The maximum atomic E-state index is 13.5. The molecule has 0 saturated heterocycles. The molecule has 0 aromatic rings. The first-order valence-corrected chi connectivity index (χ1v) is 15.5. The van der Waals surface area contributed by atoms with E-state index in [0.717, 1.165) is 0 Å². The molecule has 0 heterocycles. The van der Waals surface area contributed by atoms with Crippen LogP contribution in [0.4, 0.5) is 13.2 Å². The third-order valence-corrected chi connectivity index (χ3v) is 13.6. The van der Waals surface area contributed by atoms with Crippen LogP contribution in [0.2, 0.25) is 0 Å². The van der Waals surface area contributed by atoms with Crippen LogP contribution in [0.5, 0.6) is 0 Å². The molecule has 0 saturated carbocycles. The quantitative estimate of drug-likeness (QED) is 0.284. The number of nitrogens with zero attached hydrogens (tertiary/aromatic N) is 2. The predicted octanol–water partition coefficient (Wildman–Crippen LogP) is 3.67. The van der Waals surface area contributed by atoms with Gasteiger partial charge in [0.1, 0.15) is 0 Å². The summed E-state index contributed by atoms with van der Waals surface area (Å²) >= 11 is 0. The fraction of sp³-hybridized carbons (Fsp3) is 1.00. The summed E-state index contributed by atoms with van der Waals surface area (Å²) in [7, 11) is -17.4. The van der Waals surface area contributed by atoms with Gasteiger partial charge in [0.2, 0.25) is 20.0 Å². The fourth-order valence-electron chi connectivity index (χ4n) is 2.90. The van der Waals surface area contributed by atoms with Crippen LogP contribution < -0.4 is 0 Å². The number of hydrogen-bond acceptors (Lipinski definition) is 6. The van der Waals surface area contributed by atoms with Crippen LogP contribution in [0.25, 0.3) is 0 Å². The number of unbranched alkanes of at least 4 members (excludes halogenated alkanes) is 4. The van der Waals surface area contributed by atoms with Gasteiger partial charge in [-0.05, 0) is 25.7 Å². The fourth-order valence-corrected chi connectivity index (χ4v) is 11.0. The third kappa shape index (κ3) is 8.10. The monoisotopic (exact) mass is 530 g/mol. The van der Waals surface area contributed by atoms with Crippen LogP contribution in [0.1, 0.15) is 79.1 Å². The van der Waals surface area contributed by atoms with Crippen molar-refractivity contribution in [2.45, 2.75) is 88.5 Å². The highest BCUT2D eigenvalue weighted by atomic mass is 32.3. The van der Waals surface area contributed by atoms with Gasteiger partial charge in [-0.2, -0.15) is 21.8 Å². The van der Waals surface area contributed by atoms with Crippen molar-refractivity contribution in [2.75, 3.05) is 26.2 Å². The zero-order valence-electron chi connectivity index (χ0n) is 19.3. The standard InChI is InChI=1S/C18H37F3N2O6S3/c1-5-9-13-22(14-10-6-2)31(26,27)17(30(24,25)18(19,20)21)32(28,29)23(15-11-7-3)16-12-8-4/h17H,5-16H2,1-4H3. The number of rotatable bonds is 17. The normalized spacial score (nSPS) is 14.1. The van der Waals surface area contributed by atoms with Gasteiger partial charge in [-0.15, -0.1) is 0 Å². The Labute approximate surface area is 191 Å². The van der Waals surface area contributed by atoms with Gasteiger partial charge < -0.3 is 0 Å². The van der Waals surface area contributed by atoms with Crippen molar-refractivity contribution in [3.63, 3.8) is 0 Å². The first kappa shape index (κ1) is 31.6. The Bertz CT molecular complexity index is 793. The minimum Gasteiger partial charge on any atom is -0.217 e. The van der Waals surface area contributed by atoms with E-state index in [4.69, 9.17) is 0 Å². The number of halogens is 3. The van der Waals surface area contributed by atoms with Crippen LogP contribution in [0.3, 0.4) is 0 Å². The average Bonchev–Trinajstić information content (AvgIpc) is 2.66. The highest BCUT2D eigenvalue weighted by Gasteiger charge is 2.63. The van der Waals surface area contributed by atoms with Crippen molar-refractivity contribution >= 4 is 29.9 Å². The summed E-state index contributed by atoms with van der Waals surface area (Å²) in [6, 6.07) is 0. The molecular weight excluding hydrogens is 493 g/mol. The lowest BCUT2D eigenvalue weighted by Gasteiger charge is -2.31. The molecule has 0 bridgehead atoms. The van der Waals surface area contributed by atoms with Gasteiger partial charge in [-0.25, -0.2) is 25.3 Å². The number of sulfone groups is 1. The third-order valence-electron chi connectivity index (χ3n) is 4.83. The number of sulfonamides is 2. The van der Waals surface area contributed by atoms with Crippen LogP contribution in [0.15, 0.2) is 0 Å². The maximum absolute atomic E-state index is 13.5. The Morgan fingerprint density at radius 3 is 1.03 bits per heavy atom. The Balaban J connectivity index is 6.84. The van der Waals surface area contributed by atoms with E-state index in [-0.39, 0.29) is 51.9 Å². The molecule has 0 aliphatic carbocycles. The topological polar surface area (TPSA) is 109 Å². The lowest BCUT2D eigenvalue weighted by atomic mass is 10.3. The molecular formula is C18H37F3N2O6S3. The molecule has 14 heteroatoms. The summed E-state index contributed by atoms with van der Waals surface area (Å²) < 4.78 is 116. The molecule has 0 N–H and O–H groups in total. The SMILES string of the molecule is CCCCN(CCCC)S(=O)(=O)C(S(=O)(=O)N(CCCC)CCCC)S(=O)(=O)C(F)(F)F.